The third kappa shape index (κ3) is 2.86. The summed E-state index contributed by atoms with van der Waals surface area (Å²) in [5, 5.41) is 0. The molecule has 3 rings (SSSR count). The molecular formula is C18H29F3. The van der Waals surface area contributed by atoms with E-state index in [9.17, 15) is 13.2 Å². The van der Waals surface area contributed by atoms with E-state index in [-0.39, 0.29) is 11.8 Å². The molecule has 0 aromatic heterocycles. The molecule has 4 atom stereocenters. The summed E-state index contributed by atoms with van der Waals surface area (Å²) in [6.45, 7) is 2.20. The highest BCUT2D eigenvalue weighted by atomic mass is 19.3. The summed E-state index contributed by atoms with van der Waals surface area (Å²) in [7, 11) is 0. The number of alkyl halides is 3. The van der Waals surface area contributed by atoms with Crippen LogP contribution in [0.4, 0.5) is 13.2 Å². The van der Waals surface area contributed by atoms with Gasteiger partial charge in [-0.2, -0.15) is 0 Å². The van der Waals surface area contributed by atoms with Crippen LogP contribution in [0.5, 0.6) is 0 Å². The Morgan fingerprint density at radius 2 is 1.67 bits per heavy atom. The third-order valence-corrected chi connectivity index (χ3v) is 6.61. The minimum Gasteiger partial charge on any atom is -0.247 e. The summed E-state index contributed by atoms with van der Waals surface area (Å²) in [4.78, 5) is 0. The Morgan fingerprint density at radius 1 is 0.952 bits per heavy atom. The van der Waals surface area contributed by atoms with Crippen LogP contribution in [0.25, 0.3) is 0 Å². The molecule has 0 saturated heterocycles. The van der Waals surface area contributed by atoms with Crippen LogP contribution in [0, 0.1) is 29.6 Å². The maximum absolute atomic E-state index is 14.8. The molecule has 0 spiro atoms. The fourth-order valence-electron chi connectivity index (χ4n) is 5.57. The average molecular weight is 302 g/mol. The number of rotatable bonds is 3. The SMILES string of the molecule is CCCC1CCC(C2CC3CCCC(F)C3C2(F)F)CC1. The minimum absolute atomic E-state index is 0.0536. The summed E-state index contributed by atoms with van der Waals surface area (Å²) in [6, 6.07) is 0. The molecule has 21 heavy (non-hydrogen) atoms. The standard InChI is InChI=1S/C18H29F3/c1-2-4-12-7-9-13(10-8-12)15-11-14-5-3-6-16(19)17(14)18(15,20)21/h12-17H,2-11H2,1H3. The number of hydrogen-bond donors (Lipinski definition) is 0. The molecule has 3 heteroatoms. The normalized spacial score (nSPS) is 46.3. The Morgan fingerprint density at radius 3 is 2.29 bits per heavy atom. The Balaban J connectivity index is 1.66. The van der Waals surface area contributed by atoms with Crippen molar-refractivity contribution in [1.29, 1.82) is 0 Å². The lowest BCUT2D eigenvalue weighted by atomic mass is 9.72. The van der Waals surface area contributed by atoms with E-state index in [1.54, 1.807) is 0 Å². The van der Waals surface area contributed by atoms with Crippen molar-refractivity contribution < 1.29 is 13.2 Å². The van der Waals surface area contributed by atoms with Crippen molar-refractivity contribution in [1.82, 2.24) is 0 Å². The van der Waals surface area contributed by atoms with Crippen LogP contribution in [-0.4, -0.2) is 12.1 Å². The summed E-state index contributed by atoms with van der Waals surface area (Å²) >= 11 is 0. The highest BCUT2D eigenvalue weighted by Gasteiger charge is 2.62. The van der Waals surface area contributed by atoms with Gasteiger partial charge < -0.3 is 0 Å². The van der Waals surface area contributed by atoms with Crippen molar-refractivity contribution in [3.8, 4) is 0 Å². The second kappa shape index (κ2) is 6.12. The molecule has 0 amide bonds. The summed E-state index contributed by atoms with van der Waals surface area (Å²) in [6.07, 6.45) is 7.85. The topological polar surface area (TPSA) is 0 Å². The number of fused-ring (bicyclic) bond motifs is 1. The van der Waals surface area contributed by atoms with Crippen molar-refractivity contribution >= 4 is 0 Å². The predicted molar refractivity (Wildman–Crippen MR) is 79.1 cm³/mol. The Hall–Kier alpha value is -0.210. The van der Waals surface area contributed by atoms with E-state index in [1.807, 2.05) is 0 Å². The molecule has 0 radical (unpaired) electrons. The van der Waals surface area contributed by atoms with Crippen LogP contribution in [0.1, 0.15) is 71.1 Å². The van der Waals surface area contributed by atoms with Gasteiger partial charge in [-0.05, 0) is 49.9 Å². The van der Waals surface area contributed by atoms with E-state index in [0.717, 1.165) is 44.4 Å². The minimum atomic E-state index is -2.76. The molecule has 3 fully saturated rings. The van der Waals surface area contributed by atoms with Gasteiger partial charge in [0.25, 0.3) is 5.92 Å². The monoisotopic (exact) mass is 302 g/mol. The van der Waals surface area contributed by atoms with Crippen LogP contribution >= 0.6 is 0 Å². The van der Waals surface area contributed by atoms with Crippen molar-refractivity contribution in [2.24, 2.45) is 29.6 Å². The van der Waals surface area contributed by atoms with Gasteiger partial charge in [0.2, 0.25) is 0 Å². The zero-order valence-electron chi connectivity index (χ0n) is 13.2. The van der Waals surface area contributed by atoms with Gasteiger partial charge in [0.05, 0.1) is 5.92 Å². The molecule has 0 aliphatic heterocycles. The first kappa shape index (κ1) is 15.7. The predicted octanol–water partition coefficient (Wildman–Crippen LogP) is 6.00. The molecule has 0 bridgehead atoms. The molecule has 0 aromatic carbocycles. The first-order valence-corrected chi connectivity index (χ1v) is 9.05. The summed E-state index contributed by atoms with van der Waals surface area (Å²) in [5.74, 6) is -3.42. The molecule has 122 valence electrons. The first-order valence-electron chi connectivity index (χ1n) is 9.05. The summed E-state index contributed by atoms with van der Waals surface area (Å²) < 4.78 is 43.6. The number of halogens is 3. The van der Waals surface area contributed by atoms with Crippen molar-refractivity contribution in [3.63, 3.8) is 0 Å². The fourth-order valence-corrected chi connectivity index (χ4v) is 5.57. The quantitative estimate of drug-likeness (QED) is 0.599. The first-order chi connectivity index (χ1) is 10.0. The second-order valence-corrected chi connectivity index (χ2v) is 7.82. The van der Waals surface area contributed by atoms with Crippen molar-refractivity contribution in [2.45, 2.75) is 83.2 Å². The largest absolute Gasteiger partial charge is 0.256 e. The van der Waals surface area contributed by atoms with E-state index in [4.69, 9.17) is 0 Å². The lowest BCUT2D eigenvalue weighted by Crippen LogP contribution is -2.41. The van der Waals surface area contributed by atoms with Gasteiger partial charge in [0, 0.05) is 5.92 Å². The van der Waals surface area contributed by atoms with Gasteiger partial charge in [-0.3, -0.25) is 0 Å². The molecule has 0 nitrogen and oxygen atoms in total. The van der Waals surface area contributed by atoms with E-state index < -0.39 is 23.9 Å². The Kier molecular flexibility index (Phi) is 4.57. The highest BCUT2D eigenvalue weighted by Crippen LogP contribution is 2.59. The molecular weight excluding hydrogens is 273 g/mol. The van der Waals surface area contributed by atoms with E-state index in [1.165, 1.54) is 12.8 Å². The van der Waals surface area contributed by atoms with Gasteiger partial charge in [-0.15, -0.1) is 0 Å². The molecule has 3 aliphatic rings. The van der Waals surface area contributed by atoms with E-state index in [0.29, 0.717) is 12.8 Å². The maximum Gasteiger partial charge on any atom is 0.256 e. The van der Waals surface area contributed by atoms with E-state index >= 15 is 0 Å². The van der Waals surface area contributed by atoms with Crippen LogP contribution in [0.15, 0.2) is 0 Å². The molecule has 0 aromatic rings. The molecule has 3 saturated carbocycles. The second-order valence-electron chi connectivity index (χ2n) is 7.82. The Labute approximate surface area is 126 Å². The smallest absolute Gasteiger partial charge is 0.247 e. The molecule has 0 heterocycles. The Bertz CT molecular complexity index is 346. The zero-order valence-corrected chi connectivity index (χ0v) is 13.2. The van der Waals surface area contributed by atoms with Crippen LogP contribution in [0.2, 0.25) is 0 Å². The van der Waals surface area contributed by atoms with Crippen LogP contribution < -0.4 is 0 Å². The van der Waals surface area contributed by atoms with Crippen LogP contribution in [0.3, 0.4) is 0 Å². The molecule has 0 N–H and O–H groups in total. The van der Waals surface area contributed by atoms with Gasteiger partial charge in [-0.25, -0.2) is 13.2 Å². The molecule has 3 aliphatic carbocycles. The lowest BCUT2D eigenvalue weighted by Gasteiger charge is -2.37. The zero-order chi connectivity index (χ0) is 15.0. The van der Waals surface area contributed by atoms with Gasteiger partial charge >= 0.3 is 0 Å². The average Bonchev–Trinajstić information content (AvgIpc) is 2.73. The maximum atomic E-state index is 14.8. The van der Waals surface area contributed by atoms with Crippen molar-refractivity contribution in [2.75, 3.05) is 0 Å². The lowest BCUT2D eigenvalue weighted by molar-refractivity contribution is -0.128. The number of hydrogen-bond acceptors (Lipinski definition) is 0. The highest BCUT2D eigenvalue weighted by molar-refractivity contribution is 5.04. The third-order valence-electron chi connectivity index (χ3n) is 6.61. The fraction of sp³-hybridized carbons (Fsp3) is 1.00. The van der Waals surface area contributed by atoms with E-state index in [2.05, 4.69) is 6.92 Å². The molecule has 4 unspecified atom stereocenters. The summed E-state index contributed by atoms with van der Waals surface area (Å²) in [5.41, 5.74) is 0. The van der Waals surface area contributed by atoms with Crippen LogP contribution in [-0.2, 0) is 0 Å². The van der Waals surface area contributed by atoms with Gasteiger partial charge in [-0.1, -0.05) is 39.0 Å². The van der Waals surface area contributed by atoms with Crippen molar-refractivity contribution in [3.05, 3.63) is 0 Å². The van der Waals surface area contributed by atoms with Gasteiger partial charge in [0.1, 0.15) is 6.17 Å². The van der Waals surface area contributed by atoms with Gasteiger partial charge in [0.15, 0.2) is 0 Å².